The van der Waals surface area contributed by atoms with Gasteiger partial charge in [0.25, 0.3) is 0 Å². The molecule has 1 rings (SSSR count). The van der Waals surface area contributed by atoms with Crippen LogP contribution in [0.1, 0.15) is 65.2 Å². The quantitative estimate of drug-likeness (QED) is 0.223. The van der Waals surface area contributed by atoms with Crippen molar-refractivity contribution >= 4 is 29.9 Å². The molecule has 0 aromatic carbocycles. The SMILES string of the molecule is CCCCC(CC)CNC(=NC)NCCCCN1CCCC1.I. The Labute approximate surface area is 161 Å². The Hall–Kier alpha value is -0.0400. The minimum absolute atomic E-state index is 0. The Bertz CT molecular complexity index is 291. The second-order valence-corrected chi connectivity index (χ2v) is 6.55. The van der Waals surface area contributed by atoms with Gasteiger partial charge >= 0.3 is 0 Å². The lowest BCUT2D eigenvalue weighted by atomic mass is 9.99. The lowest BCUT2D eigenvalue weighted by Crippen LogP contribution is -2.40. The molecule has 0 aliphatic carbocycles. The molecule has 5 heteroatoms. The van der Waals surface area contributed by atoms with E-state index in [2.05, 4.69) is 34.4 Å². The minimum Gasteiger partial charge on any atom is -0.356 e. The van der Waals surface area contributed by atoms with Crippen LogP contribution in [-0.4, -0.2) is 50.6 Å². The predicted molar refractivity (Wildman–Crippen MR) is 113 cm³/mol. The summed E-state index contributed by atoms with van der Waals surface area (Å²) in [6.07, 6.45) is 10.5. The molecule has 1 unspecified atom stereocenters. The summed E-state index contributed by atoms with van der Waals surface area (Å²) in [5.41, 5.74) is 0. The average molecular weight is 438 g/mol. The number of hydrogen-bond acceptors (Lipinski definition) is 2. The molecule has 0 radical (unpaired) electrons. The first-order valence-electron chi connectivity index (χ1n) is 9.47. The third-order valence-electron chi connectivity index (χ3n) is 4.72. The van der Waals surface area contributed by atoms with E-state index >= 15 is 0 Å². The van der Waals surface area contributed by atoms with Gasteiger partial charge in [0, 0.05) is 20.1 Å². The molecule has 2 N–H and O–H groups in total. The third kappa shape index (κ3) is 11.2. The van der Waals surface area contributed by atoms with E-state index in [0.717, 1.165) is 25.0 Å². The number of hydrogen-bond donors (Lipinski definition) is 2. The smallest absolute Gasteiger partial charge is 0.190 e. The molecule has 1 heterocycles. The molecule has 1 aliphatic rings. The fourth-order valence-electron chi connectivity index (χ4n) is 3.08. The number of aliphatic imine (C=N–C) groups is 1. The van der Waals surface area contributed by atoms with Crippen molar-refractivity contribution in [1.29, 1.82) is 0 Å². The Morgan fingerprint density at radius 2 is 1.83 bits per heavy atom. The van der Waals surface area contributed by atoms with Gasteiger partial charge in [0.2, 0.25) is 0 Å². The van der Waals surface area contributed by atoms with Crippen molar-refractivity contribution in [2.75, 3.05) is 39.8 Å². The van der Waals surface area contributed by atoms with Gasteiger partial charge in [-0.1, -0.05) is 33.1 Å². The topological polar surface area (TPSA) is 39.7 Å². The molecule has 4 nitrogen and oxygen atoms in total. The zero-order valence-corrected chi connectivity index (χ0v) is 17.9. The van der Waals surface area contributed by atoms with Gasteiger partial charge in [0.15, 0.2) is 5.96 Å². The first kappa shape index (κ1) is 23.0. The van der Waals surface area contributed by atoms with Crippen LogP contribution in [0.5, 0.6) is 0 Å². The van der Waals surface area contributed by atoms with E-state index in [1.54, 1.807) is 0 Å². The normalized spacial score (nSPS) is 16.9. The Kier molecular flexibility index (Phi) is 15.5. The standard InChI is InChI=1S/C18H38N4.HI/c1-4-6-11-17(5-2)16-21-18(19-3)20-12-7-8-13-22-14-9-10-15-22;/h17H,4-16H2,1-3H3,(H2,19,20,21);1H. The number of guanidine groups is 1. The van der Waals surface area contributed by atoms with Gasteiger partial charge in [0.05, 0.1) is 0 Å². The second-order valence-electron chi connectivity index (χ2n) is 6.55. The molecule has 0 aromatic heterocycles. The molecule has 23 heavy (non-hydrogen) atoms. The van der Waals surface area contributed by atoms with E-state index in [1.165, 1.54) is 71.0 Å². The maximum atomic E-state index is 4.33. The van der Waals surface area contributed by atoms with Gasteiger partial charge in [-0.15, -0.1) is 24.0 Å². The summed E-state index contributed by atoms with van der Waals surface area (Å²) in [4.78, 5) is 6.92. The van der Waals surface area contributed by atoms with E-state index in [9.17, 15) is 0 Å². The highest BCUT2D eigenvalue weighted by molar-refractivity contribution is 14.0. The average Bonchev–Trinajstić information content (AvgIpc) is 3.06. The summed E-state index contributed by atoms with van der Waals surface area (Å²) in [6, 6.07) is 0. The van der Waals surface area contributed by atoms with E-state index in [-0.39, 0.29) is 24.0 Å². The second kappa shape index (κ2) is 15.5. The van der Waals surface area contributed by atoms with Crippen LogP contribution >= 0.6 is 24.0 Å². The van der Waals surface area contributed by atoms with Crippen molar-refractivity contribution in [3.63, 3.8) is 0 Å². The Morgan fingerprint density at radius 3 is 2.43 bits per heavy atom. The summed E-state index contributed by atoms with van der Waals surface area (Å²) in [6.45, 7) is 10.5. The van der Waals surface area contributed by atoms with Crippen LogP contribution in [0.25, 0.3) is 0 Å². The van der Waals surface area contributed by atoms with Gasteiger partial charge < -0.3 is 15.5 Å². The summed E-state index contributed by atoms with van der Waals surface area (Å²) in [7, 11) is 1.87. The highest BCUT2D eigenvalue weighted by Crippen LogP contribution is 2.11. The van der Waals surface area contributed by atoms with Gasteiger partial charge in [0.1, 0.15) is 0 Å². The van der Waals surface area contributed by atoms with E-state index in [1.807, 2.05) is 7.05 Å². The number of nitrogens with one attached hydrogen (secondary N) is 2. The largest absolute Gasteiger partial charge is 0.356 e. The molecule has 138 valence electrons. The molecule has 0 amide bonds. The molecule has 0 bridgehead atoms. The van der Waals surface area contributed by atoms with Crippen molar-refractivity contribution in [2.45, 2.75) is 65.2 Å². The molecule has 0 aromatic rings. The van der Waals surface area contributed by atoms with Crippen LogP contribution in [0.3, 0.4) is 0 Å². The maximum Gasteiger partial charge on any atom is 0.190 e. The minimum atomic E-state index is 0. The summed E-state index contributed by atoms with van der Waals surface area (Å²) in [5.74, 6) is 1.74. The van der Waals surface area contributed by atoms with Crippen molar-refractivity contribution in [2.24, 2.45) is 10.9 Å². The molecule has 0 spiro atoms. The molecule has 0 saturated carbocycles. The Morgan fingerprint density at radius 1 is 1.09 bits per heavy atom. The van der Waals surface area contributed by atoms with E-state index in [4.69, 9.17) is 0 Å². The number of rotatable bonds is 11. The van der Waals surface area contributed by atoms with E-state index < -0.39 is 0 Å². The lowest BCUT2D eigenvalue weighted by Gasteiger charge is -2.18. The monoisotopic (exact) mass is 438 g/mol. The van der Waals surface area contributed by atoms with E-state index in [0.29, 0.717) is 0 Å². The third-order valence-corrected chi connectivity index (χ3v) is 4.72. The summed E-state index contributed by atoms with van der Waals surface area (Å²) < 4.78 is 0. The molecular weight excluding hydrogens is 399 g/mol. The summed E-state index contributed by atoms with van der Waals surface area (Å²) >= 11 is 0. The van der Waals surface area contributed by atoms with Crippen LogP contribution in [0.15, 0.2) is 4.99 Å². The van der Waals surface area contributed by atoms with Crippen molar-refractivity contribution in [3.05, 3.63) is 0 Å². The van der Waals surface area contributed by atoms with Gasteiger partial charge in [-0.3, -0.25) is 4.99 Å². The number of unbranched alkanes of at least 4 members (excludes halogenated alkanes) is 2. The fraction of sp³-hybridized carbons (Fsp3) is 0.944. The molecular formula is C18H39IN4. The van der Waals surface area contributed by atoms with Gasteiger partial charge in [-0.05, 0) is 57.7 Å². The zero-order valence-electron chi connectivity index (χ0n) is 15.6. The lowest BCUT2D eigenvalue weighted by molar-refractivity contribution is 0.330. The van der Waals surface area contributed by atoms with Crippen LogP contribution < -0.4 is 10.6 Å². The van der Waals surface area contributed by atoms with Crippen LogP contribution in [-0.2, 0) is 0 Å². The first-order valence-corrected chi connectivity index (χ1v) is 9.47. The van der Waals surface area contributed by atoms with Gasteiger partial charge in [-0.2, -0.15) is 0 Å². The maximum absolute atomic E-state index is 4.33. The zero-order chi connectivity index (χ0) is 16.0. The Balaban J connectivity index is 0.00000484. The van der Waals surface area contributed by atoms with Crippen molar-refractivity contribution in [3.8, 4) is 0 Å². The molecule has 1 atom stereocenters. The number of nitrogens with zero attached hydrogens (tertiary/aromatic N) is 2. The molecule has 1 fully saturated rings. The predicted octanol–water partition coefficient (Wildman–Crippen LogP) is 3.86. The van der Waals surface area contributed by atoms with Crippen molar-refractivity contribution in [1.82, 2.24) is 15.5 Å². The highest BCUT2D eigenvalue weighted by atomic mass is 127. The first-order chi connectivity index (χ1) is 10.8. The number of likely N-dealkylation sites (tertiary alicyclic amines) is 1. The van der Waals surface area contributed by atoms with Crippen molar-refractivity contribution < 1.29 is 0 Å². The molecule has 1 saturated heterocycles. The molecule has 1 aliphatic heterocycles. The summed E-state index contributed by atoms with van der Waals surface area (Å²) in [5, 5.41) is 6.94. The van der Waals surface area contributed by atoms with Crippen LogP contribution in [0.2, 0.25) is 0 Å². The van der Waals surface area contributed by atoms with Crippen LogP contribution in [0.4, 0.5) is 0 Å². The fourth-order valence-corrected chi connectivity index (χ4v) is 3.08. The highest BCUT2D eigenvalue weighted by Gasteiger charge is 2.10. The van der Waals surface area contributed by atoms with Crippen LogP contribution in [0, 0.1) is 5.92 Å². The van der Waals surface area contributed by atoms with Gasteiger partial charge in [-0.25, -0.2) is 0 Å². The number of halogens is 1.